The van der Waals surface area contributed by atoms with E-state index in [1.165, 1.54) is 45.3 Å². The van der Waals surface area contributed by atoms with E-state index in [-0.39, 0.29) is 0 Å². The van der Waals surface area contributed by atoms with Crippen LogP contribution in [0.3, 0.4) is 0 Å². The Bertz CT molecular complexity index is 218. The first kappa shape index (κ1) is 13.0. The molecular weight excluding hydrogens is 214 g/mol. The molecule has 2 heterocycles. The summed E-state index contributed by atoms with van der Waals surface area (Å²) < 4.78 is 5.41. The number of nitrogens with zero attached hydrogens (tertiary/aromatic N) is 1. The van der Waals surface area contributed by atoms with Gasteiger partial charge in [-0.1, -0.05) is 0 Å². The molecule has 0 spiro atoms. The van der Waals surface area contributed by atoms with E-state index in [0.29, 0.717) is 0 Å². The third-order valence-electron chi connectivity index (χ3n) is 4.28. The molecule has 0 aromatic rings. The van der Waals surface area contributed by atoms with E-state index < -0.39 is 0 Å². The highest BCUT2D eigenvalue weighted by Gasteiger charge is 2.21. The molecule has 0 N–H and O–H groups in total. The topological polar surface area (TPSA) is 29.5 Å². The van der Waals surface area contributed by atoms with E-state index in [9.17, 15) is 4.79 Å². The average Bonchev–Trinajstić information content (AvgIpc) is 2.88. The highest BCUT2D eigenvalue weighted by atomic mass is 16.5. The SMILES string of the molecule is O=CCCC1CCN(CCC2CCOC2)CC1. The smallest absolute Gasteiger partial charge is 0.120 e. The molecule has 0 aromatic heterocycles. The van der Waals surface area contributed by atoms with Crippen molar-refractivity contribution in [3.05, 3.63) is 0 Å². The van der Waals surface area contributed by atoms with Gasteiger partial charge in [0.25, 0.3) is 0 Å². The van der Waals surface area contributed by atoms with Crippen LogP contribution in [0.1, 0.15) is 38.5 Å². The lowest BCUT2D eigenvalue weighted by molar-refractivity contribution is -0.108. The first-order valence-corrected chi connectivity index (χ1v) is 7.12. The summed E-state index contributed by atoms with van der Waals surface area (Å²) in [6, 6.07) is 0. The number of carbonyl (C=O) groups is 1. The van der Waals surface area contributed by atoms with Gasteiger partial charge in [0.05, 0.1) is 0 Å². The van der Waals surface area contributed by atoms with Crippen molar-refractivity contribution in [2.75, 3.05) is 32.8 Å². The predicted molar refractivity (Wildman–Crippen MR) is 68.0 cm³/mol. The Balaban J connectivity index is 1.56. The lowest BCUT2D eigenvalue weighted by Gasteiger charge is -2.32. The van der Waals surface area contributed by atoms with Gasteiger partial charge in [0.1, 0.15) is 6.29 Å². The van der Waals surface area contributed by atoms with Crippen LogP contribution in [0.15, 0.2) is 0 Å². The van der Waals surface area contributed by atoms with Crippen molar-refractivity contribution in [3.8, 4) is 0 Å². The molecule has 0 bridgehead atoms. The number of likely N-dealkylation sites (tertiary alicyclic amines) is 1. The molecule has 3 heteroatoms. The summed E-state index contributed by atoms with van der Waals surface area (Å²) in [5.74, 6) is 1.61. The first-order chi connectivity index (χ1) is 8.38. The van der Waals surface area contributed by atoms with E-state index in [1.807, 2.05) is 0 Å². The van der Waals surface area contributed by atoms with Crippen molar-refractivity contribution in [2.45, 2.75) is 38.5 Å². The van der Waals surface area contributed by atoms with Crippen LogP contribution in [0.25, 0.3) is 0 Å². The summed E-state index contributed by atoms with van der Waals surface area (Å²) in [7, 11) is 0. The standard InChI is InChI=1S/C14H25NO2/c16-10-1-2-13-3-7-15(8-4-13)9-5-14-6-11-17-12-14/h10,13-14H,1-9,11-12H2. The second-order valence-electron chi connectivity index (χ2n) is 5.55. The van der Waals surface area contributed by atoms with Crippen molar-refractivity contribution in [3.63, 3.8) is 0 Å². The Morgan fingerprint density at radius 1 is 1.12 bits per heavy atom. The zero-order valence-electron chi connectivity index (χ0n) is 10.8. The molecular formula is C14H25NO2. The van der Waals surface area contributed by atoms with Gasteiger partial charge in [0.15, 0.2) is 0 Å². The van der Waals surface area contributed by atoms with Crippen LogP contribution in [-0.4, -0.2) is 44.0 Å². The van der Waals surface area contributed by atoms with Crippen molar-refractivity contribution in [2.24, 2.45) is 11.8 Å². The minimum absolute atomic E-state index is 0.754. The highest BCUT2D eigenvalue weighted by molar-refractivity contribution is 5.49. The van der Waals surface area contributed by atoms with Gasteiger partial charge in [-0.15, -0.1) is 0 Å². The van der Waals surface area contributed by atoms with Crippen molar-refractivity contribution in [1.82, 2.24) is 4.90 Å². The van der Waals surface area contributed by atoms with Crippen LogP contribution < -0.4 is 0 Å². The molecule has 2 aliphatic rings. The van der Waals surface area contributed by atoms with Gasteiger partial charge in [-0.2, -0.15) is 0 Å². The summed E-state index contributed by atoms with van der Waals surface area (Å²) >= 11 is 0. The number of carbonyl (C=O) groups excluding carboxylic acids is 1. The number of aldehydes is 1. The molecule has 2 fully saturated rings. The fraction of sp³-hybridized carbons (Fsp3) is 0.929. The van der Waals surface area contributed by atoms with E-state index in [1.54, 1.807) is 0 Å². The molecule has 2 rings (SSSR count). The van der Waals surface area contributed by atoms with Crippen molar-refractivity contribution in [1.29, 1.82) is 0 Å². The van der Waals surface area contributed by atoms with Crippen LogP contribution in [0, 0.1) is 11.8 Å². The van der Waals surface area contributed by atoms with Crippen LogP contribution in [0.4, 0.5) is 0 Å². The molecule has 98 valence electrons. The molecule has 0 amide bonds. The molecule has 0 saturated carbocycles. The monoisotopic (exact) mass is 239 g/mol. The third-order valence-corrected chi connectivity index (χ3v) is 4.28. The minimum Gasteiger partial charge on any atom is -0.381 e. The normalized spacial score (nSPS) is 27.4. The second kappa shape index (κ2) is 7.12. The van der Waals surface area contributed by atoms with Gasteiger partial charge in [0.2, 0.25) is 0 Å². The fourth-order valence-electron chi connectivity index (χ4n) is 2.98. The first-order valence-electron chi connectivity index (χ1n) is 7.12. The molecule has 3 nitrogen and oxygen atoms in total. The number of hydrogen-bond donors (Lipinski definition) is 0. The van der Waals surface area contributed by atoms with Gasteiger partial charge in [-0.25, -0.2) is 0 Å². The maximum absolute atomic E-state index is 10.3. The van der Waals surface area contributed by atoms with Gasteiger partial charge in [-0.3, -0.25) is 0 Å². The van der Waals surface area contributed by atoms with E-state index in [0.717, 1.165) is 44.2 Å². The van der Waals surface area contributed by atoms with E-state index in [4.69, 9.17) is 4.74 Å². The zero-order valence-corrected chi connectivity index (χ0v) is 10.8. The Kier molecular flexibility index (Phi) is 5.46. The maximum atomic E-state index is 10.3. The minimum atomic E-state index is 0.754. The Morgan fingerprint density at radius 3 is 2.59 bits per heavy atom. The number of rotatable bonds is 6. The Morgan fingerprint density at radius 2 is 1.94 bits per heavy atom. The molecule has 1 unspecified atom stereocenters. The lowest BCUT2D eigenvalue weighted by atomic mass is 9.92. The lowest BCUT2D eigenvalue weighted by Crippen LogP contribution is -2.35. The molecule has 17 heavy (non-hydrogen) atoms. The summed E-state index contributed by atoms with van der Waals surface area (Å²) in [5, 5.41) is 0. The van der Waals surface area contributed by atoms with Crippen LogP contribution in [0.5, 0.6) is 0 Å². The van der Waals surface area contributed by atoms with Gasteiger partial charge in [-0.05, 0) is 63.6 Å². The predicted octanol–water partition coefficient (Wildman–Crippen LogP) is 2.10. The largest absolute Gasteiger partial charge is 0.381 e. The molecule has 1 atom stereocenters. The number of ether oxygens (including phenoxy) is 1. The number of hydrogen-bond acceptors (Lipinski definition) is 3. The van der Waals surface area contributed by atoms with Crippen molar-refractivity contribution >= 4 is 6.29 Å². The average molecular weight is 239 g/mol. The Labute approximate surface area is 105 Å². The summed E-state index contributed by atoms with van der Waals surface area (Å²) in [5.41, 5.74) is 0. The summed E-state index contributed by atoms with van der Waals surface area (Å²) in [6.07, 6.45) is 8.06. The van der Waals surface area contributed by atoms with E-state index >= 15 is 0 Å². The second-order valence-corrected chi connectivity index (χ2v) is 5.55. The molecule has 0 aliphatic carbocycles. The van der Waals surface area contributed by atoms with Gasteiger partial charge in [0, 0.05) is 19.6 Å². The third kappa shape index (κ3) is 4.40. The Hall–Kier alpha value is -0.410. The molecule has 2 aliphatic heterocycles. The van der Waals surface area contributed by atoms with Gasteiger partial charge < -0.3 is 14.4 Å². The zero-order chi connectivity index (χ0) is 11.9. The number of piperidine rings is 1. The van der Waals surface area contributed by atoms with Gasteiger partial charge >= 0.3 is 0 Å². The summed E-state index contributed by atoms with van der Waals surface area (Å²) in [4.78, 5) is 12.9. The molecule has 0 aromatic carbocycles. The molecule has 2 saturated heterocycles. The van der Waals surface area contributed by atoms with E-state index in [2.05, 4.69) is 4.90 Å². The molecule has 0 radical (unpaired) electrons. The summed E-state index contributed by atoms with van der Waals surface area (Å²) in [6.45, 7) is 5.66. The maximum Gasteiger partial charge on any atom is 0.120 e. The van der Waals surface area contributed by atoms with Crippen molar-refractivity contribution < 1.29 is 9.53 Å². The van der Waals surface area contributed by atoms with Crippen LogP contribution in [-0.2, 0) is 9.53 Å². The van der Waals surface area contributed by atoms with Crippen LogP contribution in [0.2, 0.25) is 0 Å². The van der Waals surface area contributed by atoms with Crippen LogP contribution >= 0.6 is 0 Å². The fourth-order valence-corrected chi connectivity index (χ4v) is 2.98. The quantitative estimate of drug-likeness (QED) is 0.665. The highest BCUT2D eigenvalue weighted by Crippen LogP contribution is 2.23.